The summed E-state index contributed by atoms with van der Waals surface area (Å²) in [4.78, 5) is 11.3. The zero-order chi connectivity index (χ0) is 10.9. The summed E-state index contributed by atoms with van der Waals surface area (Å²) in [6.07, 6.45) is 4.54. The maximum absolute atomic E-state index is 11.3. The van der Waals surface area contributed by atoms with Crippen LogP contribution in [0.3, 0.4) is 0 Å². The molecule has 4 fully saturated rings. The van der Waals surface area contributed by atoms with Crippen molar-refractivity contribution >= 4 is 5.97 Å². The Morgan fingerprint density at radius 2 is 2.00 bits per heavy atom. The molecule has 84 valence electrons. The Bertz CT molecular complexity index is 318. The molecule has 0 heterocycles. The van der Waals surface area contributed by atoms with E-state index in [1.165, 1.54) is 0 Å². The molecule has 0 aromatic carbocycles. The van der Waals surface area contributed by atoms with Crippen LogP contribution in [0.15, 0.2) is 0 Å². The van der Waals surface area contributed by atoms with Crippen LogP contribution in [-0.4, -0.2) is 16.7 Å². The van der Waals surface area contributed by atoms with Crippen molar-refractivity contribution in [3.8, 4) is 0 Å². The summed E-state index contributed by atoms with van der Waals surface area (Å²) >= 11 is 0. The molecule has 4 aliphatic carbocycles. The minimum Gasteiger partial charge on any atom is -0.550 e. The lowest BCUT2D eigenvalue weighted by atomic mass is 9.43. The molecular weight excluding hydrogens is 192 g/mol. The predicted octanol–water partition coefficient (Wildman–Crippen LogP) is 0.458. The average molecular weight is 209 g/mol. The molecular formula is C12H17O3-. The Kier molecular flexibility index (Phi) is 1.54. The topological polar surface area (TPSA) is 60.4 Å². The van der Waals surface area contributed by atoms with Gasteiger partial charge in [0.25, 0.3) is 0 Å². The van der Waals surface area contributed by atoms with Crippen LogP contribution in [0.2, 0.25) is 0 Å². The van der Waals surface area contributed by atoms with E-state index in [-0.39, 0.29) is 5.41 Å². The monoisotopic (exact) mass is 209 g/mol. The summed E-state index contributed by atoms with van der Waals surface area (Å²) < 4.78 is 0. The van der Waals surface area contributed by atoms with Crippen molar-refractivity contribution in [2.24, 2.45) is 16.7 Å². The summed E-state index contributed by atoms with van der Waals surface area (Å²) in [5.41, 5.74) is -1.40. The fourth-order valence-corrected chi connectivity index (χ4v) is 5.09. The van der Waals surface area contributed by atoms with Crippen LogP contribution in [0.1, 0.15) is 45.4 Å². The molecule has 0 aliphatic heterocycles. The number of hydrogen-bond acceptors (Lipinski definition) is 3. The second-order valence-corrected chi connectivity index (χ2v) is 6.61. The number of carboxylic acid groups (broad SMARTS) is 1. The van der Waals surface area contributed by atoms with Crippen molar-refractivity contribution in [3.63, 3.8) is 0 Å². The van der Waals surface area contributed by atoms with Gasteiger partial charge in [-0.3, -0.25) is 0 Å². The number of aliphatic hydroxyl groups is 1. The van der Waals surface area contributed by atoms with Crippen molar-refractivity contribution in [2.75, 3.05) is 0 Å². The van der Waals surface area contributed by atoms with Gasteiger partial charge in [0.05, 0.1) is 5.60 Å². The molecule has 1 N–H and O–H groups in total. The first-order chi connectivity index (χ1) is 6.85. The minimum atomic E-state index is -0.934. The quantitative estimate of drug-likeness (QED) is 0.682. The van der Waals surface area contributed by atoms with Crippen LogP contribution in [0.4, 0.5) is 0 Å². The summed E-state index contributed by atoms with van der Waals surface area (Å²) in [5.74, 6) is -0.537. The molecule has 4 bridgehead atoms. The van der Waals surface area contributed by atoms with Gasteiger partial charge in [-0.05, 0) is 49.9 Å². The summed E-state index contributed by atoms with van der Waals surface area (Å²) in [7, 11) is 0. The molecule has 0 amide bonds. The fraction of sp³-hybridized carbons (Fsp3) is 0.917. The number of hydrogen-bond donors (Lipinski definition) is 1. The van der Waals surface area contributed by atoms with Gasteiger partial charge >= 0.3 is 0 Å². The van der Waals surface area contributed by atoms with Crippen LogP contribution in [0, 0.1) is 16.7 Å². The first-order valence-electron chi connectivity index (χ1n) is 5.79. The standard InChI is InChI=1S/C12H18O3/c1-10-2-8-3-11(5-10,9(13)14)7-12(15,4-8)6-10/h8,15H,2-7H2,1H3,(H,13,14)/p-1/t8-,10+,11+,12-/m1/s1. The summed E-state index contributed by atoms with van der Waals surface area (Å²) in [5, 5.41) is 21.7. The van der Waals surface area contributed by atoms with Crippen LogP contribution >= 0.6 is 0 Å². The van der Waals surface area contributed by atoms with Gasteiger partial charge < -0.3 is 15.0 Å². The number of carboxylic acids is 1. The Labute approximate surface area is 89.5 Å². The van der Waals surface area contributed by atoms with E-state index in [1.54, 1.807) is 0 Å². The van der Waals surface area contributed by atoms with Crippen LogP contribution in [0.25, 0.3) is 0 Å². The number of aliphatic carboxylic acids is 1. The average Bonchev–Trinajstić information content (AvgIpc) is 1.95. The van der Waals surface area contributed by atoms with E-state index in [4.69, 9.17) is 0 Å². The third kappa shape index (κ3) is 1.19. The lowest BCUT2D eigenvalue weighted by molar-refractivity contribution is -0.334. The highest BCUT2D eigenvalue weighted by Crippen LogP contribution is 2.66. The van der Waals surface area contributed by atoms with Crippen molar-refractivity contribution in [2.45, 2.75) is 51.0 Å². The Balaban J connectivity index is 2.05. The molecule has 4 atom stereocenters. The summed E-state index contributed by atoms with van der Waals surface area (Å²) in [6, 6.07) is 0. The van der Waals surface area contributed by atoms with E-state index in [0.717, 1.165) is 25.7 Å². The van der Waals surface area contributed by atoms with Crippen LogP contribution < -0.4 is 5.11 Å². The maximum Gasteiger partial charge on any atom is 0.0664 e. The Morgan fingerprint density at radius 1 is 1.27 bits per heavy atom. The number of carbonyl (C=O) groups is 1. The van der Waals surface area contributed by atoms with Gasteiger partial charge in [-0.25, -0.2) is 0 Å². The Hall–Kier alpha value is -0.570. The van der Waals surface area contributed by atoms with E-state index in [2.05, 4.69) is 6.92 Å². The van der Waals surface area contributed by atoms with Crippen molar-refractivity contribution in [3.05, 3.63) is 0 Å². The van der Waals surface area contributed by atoms with Gasteiger partial charge in [-0.1, -0.05) is 6.92 Å². The molecule has 3 heteroatoms. The van der Waals surface area contributed by atoms with Gasteiger partial charge in [-0.2, -0.15) is 0 Å². The molecule has 0 aromatic heterocycles. The predicted molar refractivity (Wildman–Crippen MR) is 51.7 cm³/mol. The van der Waals surface area contributed by atoms with E-state index in [0.29, 0.717) is 18.8 Å². The second-order valence-electron chi connectivity index (χ2n) is 6.61. The van der Waals surface area contributed by atoms with Crippen LogP contribution in [0.5, 0.6) is 0 Å². The third-order valence-electron chi connectivity index (χ3n) is 4.75. The number of rotatable bonds is 1. The molecule has 4 rings (SSSR count). The Morgan fingerprint density at radius 3 is 2.53 bits per heavy atom. The molecule has 4 aliphatic rings. The zero-order valence-electron chi connectivity index (χ0n) is 9.08. The minimum absolute atomic E-state index is 0.0359. The first-order valence-corrected chi connectivity index (χ1v) is 5.79. The van der Waals surface area contributed by atoms with Gasteiger partial charge in [0.15, 0.2) is 0 Å². The smallest absolute Gasteiger partial charge is 0.0664 e. The largest absolute Gasteiger partial charge is 0.550 e. The normalized spacial score (nSPS) is 57.1. The molecule has 0 unspecified atom stereocenters. The molecule has 0 radical (unpaired) electrons. The first kappa shape index (κ1) is 9.64. The highest BCUT2D eigenvalue weighted by atomic mass is 16.4. The van der Waals surface area contributed by atoms with E-state index < -0.39 is 17.0 Å². The zero-order valence-corrected chi connectivity index (χ0v) is 9.08. The lowest BCUT2D eigenvalue weighted by Gasteiger charge is -2.64. The summed E-state index contributed by atoms with van der Waals surface area (Å²) in [6.45, 7) is 2.13. The van der Waals surface area contributed by atoms with Crippen LogP contribution in [-0.2, 0) is 4.79 Å². The molecule has 3 nitrogen and oxygen atoms in total. The molecule has 0 saturated heterocycles. The third-order valence-corrected chi connectivity index (χ3v) is 4.75. The fourth-order valence-electron chi connectivity index (χ4n) is 5.09. The molecule has 0 spiro atoms. The maximum atomic E-state index is 11.3. The van der Waals surface area contributed by atoms with Crippen molar-refractivity contribution < 1.29 is 15.0 Å². The second kappa shape index (κ2) is 2.40. The highest BCUT2D eigenvalue weighted by Gasteiger charge is 2.61. The molecule has 15 heavy (non-hydrogen) atoms. The van der Waals surface area contributed by atoms with E-state index in [1.807, 2.05) is 0 Å². The van der Waals surface area contributed by atoms with Gasteiger partial charge in [0.1, 0.15) is 0 Å². The van der Waals surface area contributed by atoms with Crippen molar-refractivity contribution in [1.29, 1.82) is 0 Å². The van der Waals surface area contributed by atoms with E-state index >= 15 is 0 Å². The lowest BCUT2D eigenvalue weighted by Crippen LogP contribution is -2.63. The van der Waals surface area contributed by atoms with Gasteiger partial charge in [0.2, 0.25) is 0 Å². The van der Waals surface area contributed by atoms with Gasteiger partial charge in [-0.15, -0.1) is 0 Å². The van der Waals surface area contributed by atoms with Crippen molar-refractivity contribution in [1.82, 2.24) is 0 Å². The number of carbonyl (C=O) groups excluding carboxylic acids is 1. The highest BCUT2D eigenvalue weighted by molar-refractivity contribution is 5.73. The molecule has 0 aromatic rings. The van der Waals surface area contributed by atoms with E-state index in [9.17, 15) is 15.0 Å². The SMILES string of the molecule is C[C@@]12C[C@H]3C[C@@](O)(C1)C[C@](C(=O)[O-])(C3)C2. The van der Waals surface area contributed by atoms with Gasteiger partial charge in [0, 0.05) is 11.4 Å². The molecule has 4 saturated carbocycles.